The number of rotatable bonds is 6. The number of anilines is 2. The van der Waals surface area contributed by atoms with E-state index in [1.165, 1.54) is 0 Å². The summed E-state index contributed by atoms with van der Waals surface area (Å²) in [5.41, 5.74) is 10.4. The highest BCUT2D eigenvalue weighted by molar-refractivity contribution is 6.06. The first-order chi connectivity index (χ1) is 14.5. The second-order valence-electron chi connectivity index (χ2n) is 7.88. The van der Waals surface area contributed by atoms with Gasteiger partial charge in [-0.05, 0) is 37.8 Å². The molecule has 30 heavy (non-hydrogen) atoms. The zero-order chi connectivity index (χ0) is 20.8. The number of H-pyrrole nitrogens is 1. The molecule has 2 aliphatic rings. The minimum absolute atomic E-state index is 0.226. The van der Waals surface area contributed by atoms with Crippen molar-refractivity contribution in [3.63, 3.8) is 0 Å². The van der Waals surface area contributed by atoms with Crippen molar-refractivity contribution in [1.82, 2.24) is 15.0 Å². The van der Waals surface area contributed by atoms with Gasteiger partial charge in [-0.1, -0.05) is 0 Å². The minimum Gasteiger partial charge on any atom is -0.491 e. The number of aromatic amines is 1. The van der Waals surface area contributed by atoms with Gasteiger partial charge in [0.1, 0.15) is 25.0 Å². The molecule has 0 spiro atoms. The highest BCUT2D eigenvalue weighted by Gasteiger charge is 2.35. The predicted molar refractivity (Wildman–Crippen MR) is 113 cm³/mol. The van der Waals surface area contributed by atoms with Crippen LogP contribution in [-0.4, -0.2) is 45.2 Å². The lowest BCUT2D eigenvalue weighted by Gasteiger charge is -2.17. The van der Waals surface area contributed by atoms with Gasteiger partial charge in [0, 0.05) is 24.0 Å². The van der Waals surface area contributed by atoms with Gasteiger partial charge in [-0.25, -0.2) is 9.97 Å². The second kappa shape index (κ2) is 7.17. The zero-order valence-electron chi connectivity index (χ0n) is 16.7. The van der Waals surface area contributed by atoms with Crippen LogP contribution in [0.2, 0.25) is 0 Å². The summed E-state index contributed by atoms with van der Waals surface area (Å²) in [6.07, 6.45) is 2.01. The van der Waals surface area contributed by atoms with E-state index in [9.17, 15) is 9.90 Å². The van der Waals surface area contributed by atoms with Gasteiger partial charge in [0.2, 0.25) is 5.91 Å². The molecule has 1 fully saturated rings. The first-order valence-electron chi connectivity index (χ1n) is 10.1. The maximum Gasteiger partial charge on any atom is 0.240 e. The van der Waals surface area contributed by atoms with Crippen molar-refractivity contribution >= 4 is 28.2 Å². The van der Waals surface area contributed by atoms with Crippen LogP contribution >= 0.6 is 0 Å². The Morgan fingerprint density at radius 3 is 2.93 bits per heavy atom. The Bertz CT molecular complexity index is 1140. The van der Waals surface area contributed by atoms with Crippen LogP contribution in [0.25, 0.3) is 22.3 Å². The number of nitrogens with zero attached hydrogens (tertiary/aromatic N) is 2. The molecule has 1 atom stereocenters. The number of nitrogens with two attached hydrogens (primary N) is 1. The molecular weight excluding hydrogens is 384 g/mol. The van der Waals surface area contributed by atoms with Crippen LogP contribution in [0.5, 0.6) is 5.75 Å². The van der Waals surface area contributed by atoms with Crippen molar-refractivity contribution in [2.45, 2.75) is 32.4 Å². The Morgan fingerprint density at radius 1 is 1.37 bits per heavy atom. The number of benzene rings is 1. The van der Waals surface area contributed by atoms with E-state index in [0.29, 0.717) is 24.7 Å². The number of aliphatic hydroxyl groups excluding tert-OH is 1. The fraction of sp³-hybridized carbons (Fsp3) is 0.381. The molecule has 0 radical (unpaired) electrons. The van der Waals surface area contributed by atoms with Crippen LogP contribution in [0.15, 0.2) is 18.2 Å². The molecule has 3 heterocycles. The van der Waals surface area contributed by atoms with Crippen LogP contribution in [0, 0.1) is 12.8 Å². The number of aliphatic hydroxyl groups is 1. The summed E-state index contributed by atoms with van der Waals surface area (Å²) in [5.74, 6) is 1.05. The highest BCUT2D eigenvalue weighted by Crippen LogP contribution is 2.43. The summed E-state index contributed by atoms with van der Waals surface area (Å²) >= 11 is 0. The summed E-state index contributed by atoms with van der Waals surface area (Å²) in [6.45, 7) is 2.80. The van der Waals surface area contributed by atoms with Crippen molar-refractivity contribution in [1.29, 1.82) is 0 Å². The quantitative estimate of drug-likeness (QED) is 0.420. The number of hydrogen-bond acceptors (Lipinski definition) is 7. The Kier molecular flexibility index (Phi) is 4.47. The normalized spacial score (nSPS) is 16.5. The second-order valence-corrected chi connectivity index (χ2v) is 7.88. The molecule has 0 unspecified atom stereocenters. The van der Waals surface area contributed by atoms with E-state index in [1.54, 1.807) is 0 Å². The van der Waals surface area contributed by atoms with Gasteiger partial charge in [-0.2, -0.15) is 0 Å². The maximum atomic E-state index is 11.9. The molecule has 0 bridgehead atoms. The van der Waals surface area contributed by atoms with E-state index in [-0.39, 0.29) is 24.5 Å². The fourth-order valence-electron chi connectivity index (χ4n) is 4.06. The molecular formula is C21H24N6O3. The third-order valence-electron chi connectivity index (χ3n) is 5.54. The molecule has 1 saturated carbocycles. The number of carbonyl (C=O) groups excluding carboxylic acids is 1. The van der Waals surface area contributed by atoms with Gasteiger partial charge in [-0.15, -0.1) is 0 Å². The molecule has 156 valence electrons. The number of hydrogen-bond donors (Lipinski definition) is 5. The molecule has 2 aromatic heterocycles. The van der Waals surface area contributed by atoms with E-state index < -0.39 is 0 Å². The summed E-state index contributed by atoms with van der Waals surface area (Å²) in [7, 11) is 0. The minimum atomic E-state index is -0.385. The number of carbonyl (C=O) groups is 1. The van der Waals surface area contributed by atoms with Crippen LogP contribution in [0.4, 0.5) is 11.4 Å². The Morgan fingerprint density at radius 2 is 2.20 bits per heavy atom. The van der Waals surface area contributed by atoms with Crippen LogP contribution in [0.3, 0.4) is 0 Å². The van der Waals surface area contributed by atoms with Crippen LogP contribution in [-0.2, 0) is 11.4 Å². The third kappa shape index (κ3) is 3.30. The molecule has 1 aliphatic heterocycles. The fourth-order valence-corrected chi connectivity index (χ4v) is 4.06. The molecule has 1 aliphatic carbocycles. The SMILES string of the molecule is Cc1cc(-c2[nH]c3cc(N[C@H](C(N)=O)C4CC4)cc4c3c2NCCO4)nc(CO)n1. The van der Waals surface area contributed by atoms with Crippen molar-refractivity contribution in [2.75, 3.05) is 23.8 Å². The third-order valence-corrected chi connectivity index (χ3v) is 5.54. The summed E-state index contributed by atoms with van der Waals surface area (Å²) in [4.78, 5) is 24.1. The summed E-state index contributed by atoms with van der Waals surface area (Å²) in [6, 6.07) is 5.37. The van der Waals surface area contributed by atoms with Gasteiger partial charge in [-0.3, -0.25) is 4.79 Å². The first-order valence-corrected chi connectivity index (χ1v) is 10.1. The lowest BCUT2D eigenvalue weighted by molar-refractivity contribution is -0.119. The Balaban J connectivity index is 1.63. The molecule has 5 rings (SSSR count). The standard InChI is InChI=1S/C21H24N6O3/c1-10-6-14(26-16(9-28)24-10)19-20-17-13(27-19)7-12(8-15(17)30-5-4-23-20)25-18(21(22)29)11-2-3-11/h6-8,11,18,23,25,27-28H,2-5,9H2,1H3,(H2,22,29)/t18-/m0/s1. The topological polar surface area (TPSA) is 138 Å². The zero-order valence-corrected chi connectivity index (χ0v) is 16.7. The van der Waals surface area contributed by atoms with Gasteiger partial charge < -0.3 is 31.2 Å². The monoisotopic (exact) mass is 408 g/mol. The molecule has 9 nitrogen and oxygen atoms in total. The average molecular weight is 408 g/mol. The molecule has 1 aromatic carbocycles. The van der Waals surface area contributed by atoms with Crippen molar-refractivity contribution in [2.24, 2.45) is 11.7 Å². The van der Waals surface area contributed by atoms with Crippen molar-refractivity contribution < 1.29 is 14.6 Å². The van der Waals surface area contributed by atoms with E-state index in [2.05, 4.69) is 25.6 Å². The predicted octanol–water partition coefficient (Wildman–Crippen LogP) is 1.91. The van der Waals surface area contributed by atoms with Gasteiger partial charge >= 0.3 is 0 Å². The molecule has 1 amide bonds. The largest absolute Gasteiger partial charge is 0.491 e. The maximum absolute atomic E-state index is 11.9. The van der Waals surface area contributed by atoms with E-state index in [1.807, 2.05) is 25.1 Å². The summed E-state index contributed by atoms with van der Waals surface area (Å²) in [5, 5.41) is 17.1. The number of aromatic nitrogens is 3. The molecule has 3 aromatic rings. The van der Waals surface area contributed by atoms with Crippen LogP contribution in [0.1, 0.15) is 24.4 Å². The summed E-state index contributed by atoms with van der Waals surface area (Å²) < 4.78 is 5.99. The van der Waals surface area contributed by atoms with E-state index >= 15 is 0 Å². The number of amides is 1. The molecule has 6 N–H and O–H groups in total. The number of primary amides is 1. The Hall–Kier alpha value is -3.33. The van der Waals surface area contributed by atoms with E-state index in [0.717, 1.165) is 52.3 Å². The van der Waals surface area contributed by atoms with Gasteiger partial charge in [0.25, 0.3) is 0 Å². The highest BCUT2D eigenvalue weighted by atomic mass is 16.5. The lowest BCUT2D eigenvalue weighted by Crippen LogP contribution is -2.37. The smallest absolute Gasteiger partial charge is 0.240 e. The van der Waals surface area contributed by atoms with Gasteiger partial charge in [0.15, 0.2) is 5.82 Å². The first kappa shape index (κ1) is 18.7. The van der Waals surface area contributed by atoms with Gasteiger partial charge in [0.05, 0.1) is 28.0 Å². The molecule has 9 heteroatoms. The average Bonchev–Trinajstić information content (AvgIpc) is 3.51. The number of nitrogens with one attached hydrogen (secondary N) is 3. The van der Waals surface area contributed by atoms with Crippen molar-refractivity contribution in [3.8, 4) is 17.1 Å². The van der Waals surface area contributed by atoms with E-state index in [4.69, 9.17) is 10.5 Å². The Labute approximate surface area is 173 Å². The molecule has 0 saturated heterocycles. The number of ether oxygens (including phenoxy) is 1. The van der Waals surface area contributed by atoms with Crippen molar-refractivity contribution in [3.05, 3.63) is 29.7 Å². The van der Waals surface area contributed by atoms with Crippen LogP contribution < -0.4 is 21.1 Å². The number of aryl methyl sites for hydroxylation is 1. The lowest BCUT2D eigenvalue weighted by atomic mass is 10.1.